The molecule has 1 aromatic heterocycles. The predicted octanol–water partition coefficient (Wildman–Crippen LogP) is 1.94. The molecule has 0 aliphatic carbocycles. The number of carbonyl (C=O) groups excluding carboxylic acids is 1. The maximum atomic E-state index is 11.6. The lowest BCUT2D eigenvalue weighted by atomic mass is 10.1. The van der Waals surface area contributed by atoms with Gasteiger partial charge in [0.15, 0.2) is 0 Å². The molecule has 1 aromatic carbocycles. The van der Waals surface area contributed by atoms with E-state index in [1.54, 1.807) is 6.26 Å². The van der Waals surface area contributed by atoms with Crippen molar-refractivity contribution in [3.05, 3.63) is 60.1 Å². The highest BCUT2D eigenvalue weighted by Gasteiger charge is 2.23. The number of rotatable bonds is 5. The molecule has 0 aliphatic heterocycles. The summed E-state index contributed by atoms with van der Waals surface area (Å²) in [6.07, 6.45) is 1.62. The number of nitrogens with zero attached hydrogens (tertiary/aromatic N) is 1. The first-order chi connectivity index (χ1) is 8.68. The minimum Gasteiger partial charge on any atom is -0.468 e. The summed E-state index contributed by atoms with van der Waals surface area (Å²) in [6.45, 7) is 0.537. The molecule has 0 bridgehead atoms. The summed E-state index contributed by atoms with van der Waals surface area (Å²) in [4.78, 5) is 13.5. The van der Waals surface area contributed by atoms with Gasteiger partial charge in [0.25, 0.3) is 0 Å². The summed E-state index contributed by atoms with van der Waals surface area (Å²) in [5.74, 6) is 0.440. The van der Waals surface area contributed by atoms with Gasteiger partial charge < -0.3 is 10.2 Å². The number of likely N-dealkylation sites (N-methyl/N-ethyl adjacent to an activating group) is 1. The van der Waals surface area contributed by atoms with Gasteiger partial charge in [-0.1, -0.05) is 30.3 Å². The van der Waals surface area contributed by atoms with Crippen molar-refractivity contribution in [3.8, 4) is 0 Å². The van der Waals surface area contributed by atoms with Crippen LogP contribution in [0.3, 0.4) is 0 Å². The number of furan rings is 1. The molecule has 2 aromatic rings. The Kier molecular flexibility index (Phi) is 3.79. The lowest BCUT2D eigenvalue weighted by Gasteiger charge is -2.24. The Morgan fingerprint density at radius 2 is 2.00 bits per heavy atom. The molecule has 0 unspecified atom stereocenters. The van der Waals surface area contributed by atoms with E-state index in [9.17, 15) is 4.79 Å². The molecular weight excluding hydrogens is 228 g/mol. The molecule has 4 heteroatoms. The zero-order chi connectivity index (χ0) is 13.0. The van der Waals surface area contributed by atoms with Gasteiger partial charge in [0.2, 0.25) is 5.91 Å². The van der Waals surface area contributed by atoms with Gasteiger partial charge in [-0.3, -0.25) is 9.69 Å². The molecule has 0 saturated heterocycles. The van der Waals surface area contributed by atoms with Gasteiger partial charge in [-0.15, -0.1) is 0 Å². The number of hydrogen-bond acceptors (Lipinski definition) is 3. The van der Waals surface area contributed by atoms with Crippen molar-refractivity contribution in [3.63, 3.8) is 0 Å². The molecule has 2 N–H and O–H groups in total. The smallest absolute Gasteiger partial charge is 0.239 e. The fourth-order valence-electron chi connectivity index (χ4n) is 2.01. The number of benzene rings is 1. The minimum absolute atomic E-state index is 0.366. The summed E-state index contributed by atoms with van der Waals surface area (Å²) in [5.41, 5.74) is 6.38. The minimum atomic E-state index is -0.448. The van der Waals surface area contributed by atoms with Crippen molar-refractivity contribution in [2.45, 2.75) is 12.6 Å². The lowest BCUT2D eigenvalue weighted by molar-refractivity contribution is -0.123. The fourth-order valence-corrected chi connectivity index (χ4v) is 2.01. The third-order valence-corrected chi connectivity index (χ3v) is 2.81. The second-order valence-corrected chi connectivity index (χ2v) is 4.21. The standard InChI is InChI=1S/C14H16N2O2/c1-16(10-12-8-5-9-18-12)13(14(15)17)11-6-3-2-4-7-11/h2-9,13H,10H2,1H3,(H2,15,17)/t13-/m0/s1. The SMILES string of the molecule is CN(Cc1ccco1)[C@H](C(N)=O)c1ccccc1. The highest BCUT2D eigenvalue weighted by molar-refractivity contribution is 5.81. The Balaban J connectivity index is 2.18. The van der Waals surface area contributed by atoms with Crippen LogP contribution < -0.4 is 5.73 Å². The first-order valence-corrected chi connectivity index (χ1v) is 5.75. The largest absolute Gasteiger partial charge is 0.468 e. The van der Waals surface area contributed by atoms with E-state index in [4.69, 9.17) is 10.2 Å². The van der Waals surface area contributed by atoms with E-state index in [-0.39, 0.29) is 5.91 Å². The molecule has 0 spiro atoms. The van der Waals surface area contributed by atoms with Gasteiger partial charge in [-0.05, 0) is 24.7 Å². The second kappa shape index (κ2) is 5.51. The lowest BCUT2D eigenvalue weighted by Crippen LogP contribution is -2.34. The Labute approximate surface area is 106 Å². The van der Waals surface area contributed by atoms with Crippen LogP contribution in [-0.2, 0) is 11.3 Å². The van der Waals surface area contributed by atoms with Crippen molar-refractivity contribution in [1.29, 1.82) is 0 Å². The topological polar surface area (TPSA) is 59.5 Å². The van der Waals surface area contributed by atoms with Gasteiger partial charge in [0, 0.05) is 0 Å². The molecule has 0 saturated carbocycles. The summed E-state index contributed by atoms with van der Waals surface area (Å²) >= 11 is 0. The number of amides is 1. The third kappa shape index (κ3) is 2.78. The molecule has 2 rings (SSSR count). The Bertz CT molecular complexity index is 494. The van der Waals surface area contributed by atoms with Gasteiger partial charge >= 0.3 is 0 Å². The molecule has 0 fully saturated rings. The average Bonchev–Trinajstić information content (AvgIpc) is 2.83. The summed E-state index contributed by atoms with van der Waals surface area (Å²) in [7, 11) is 1.85. The van der Waals surface area contributed by atoms with Crippen LogP contribution in [-0.4, -0.2) is 17.9 Å². The number of nitrogens with two attached hydrogens (primary N) is 1. The van der Waals surface area contributed by atoms with E-state index in [1.807, 2.05) is 54.4 Å². The predicted molar refractivity (Wildman–Crippen MR) is 68.6 cm³/mol. The molecule has 0 radical (unpaired) electrons. The molecular formula is C14H16N2O2. The first kappa shape index (κ1) is 12.4. The monoisotopic (exact) mass is 244 g/mol. The van der Waals surface area contributed by atoms with E-state index >= 15 is 0 Å². The Hall–Kier alpha value is -2.07. The van der Waals surface area contributed by atoms with Crippen LogP contribution in [0.4, 0.5) is 0 Å². The molecule has 1 amide bonds. The summed E-state index contributed by atoms with van der Waals surface area (Å²) < 4.78 is 5.28. The van der Waals surface area contributed by atoms with Crippen LogP contribution >= 0.6 is 0 Å². The van der Waals surface area contributed by atoms with E-state index in [2.05, 4.69) is 0 Å². The van der Waals surface area contributed by atoms with Crippen molar-refractivity contribution in [2.75, 3.05) is 7.05 Å². The van der Waals surface area contributed by atoms with Gasteiger partial charge in [0.05, 0.1) is 12.8 Å². The number of carbonyl (C=O) groups is 1. The van der Waals surface area contributed by atoms with E-state index < -0.39 is 6.04 Å². The van der Waals surface area contributed by atoms with Crippen LogP contribution in [0.5, 0.6) is 0 Å². The zero-order valence-electron chi connectivity index (χ0n) is 10.2. The Morgan fingerprint density at radius 3 is 2.56 bits per heavy atom. The summed E-state index contributed by atoms with van der Waals surface area (Å²) in [5, 5.41) is 0. The molecule has 4 nitrogen and oxygen atoms in total. The molecule has 1 heterocycles. The molecule has 18 heavy (non-hydrogen) atoms. The van der Waals surface area contributed by atoms with Crippen LogP contribution in [0, 0.1) is 0 Å². The van der Waals surface area contributed by atoms with Crippen molar-refractivity contribution >= 4 is 5.91 Å². The second-order valence-electron chi connectivity index (χ2n) is 4.21. The van der Waals surface area contributed by atoms with Crippen molar-refractivity contribution in [2.24, 2.45) is 5.73 Å². The van der Waals surface area contributed by atoms with Gasteiger partial charge in [-0.2, -0.15) is 0 Å². The molecule has 1 atom stereocenters. The van der Waals surface area contributed by atoms with Crippen LogP contribution in [0.2, 0.25) is 0 Å². The van der Waals surface area contributed by atoms with E-state index in [1.165, 1.54) is 0 Å². The van der Waals surface area contributed by atoms with E-state index in [0.717, 1.165) is 11.3 Å². The molecule has 0 aliphatic rings. The van der Waals surface area contributed by atoms with E-state index in [0.29, 0.717) is 6.54 Å². The average molecular weight is 244 g/mol. The highest BCUT2D eigenvalue weighted by atomic mass is 16.3. The summed E-state index contributed by atoms with van der Waals surface area (Å²) in [6, 6.07) is 12.7. The Morgan fingerprint density at radius 1 is 1.28 bits per heavy atom. The van der Waals surface area contributed by atoms with Crippen molar-refractivity contribution in [1.82, 2.24) is 4.90 Å². The highest BCUT2D eigenvalue weighted by Crippen LogP contribution is 2.20. The first-order valence-electron chi connectivity index (χ1n) is 5.75. The normalized spacial score (nSPS) is 12.6. The number of hydrogen-bond donors (Lipinski definition) is 1. The van der Waals surface area contributed by atoms with Crippen LogP contribution in [0.25, 0.3) is 0 Å². The molecule has 94 valence electrons. The maximum absolute atomic E-state index is 11.6. The maximum Gasteiger partial charge on any atom is 0.239 e. The quantitative estimate of drug-likeness (QED) is 0.874. The number of primary amides is 1. The zero-order valence-corrected chi connectivity index (χ0v) is 10.2. The van der Waals surface area contributed by atoms with Gasteiger partial charge in [0.1, 0.15) is 11.8 Å². The van der Waals surface area contributed by atoms with Gasteiger partial charge in [-0.25, -0.2) is 0 Å². The van der Waals surface area contributed by atoms with Crippen LogP contribution in [0.1, 0.15) is 17.4 Å². The fraction of sp³-hybridized carbons (Fsp3) is 0.214. The van der Waals surface area contributed by atoms with Crippen LogP contribution in [0.15, 0.2) is 53.1 Å². The third-order valence-electron chi connectivity index (χ3n) is 2.81. The van der Waals surface area contributed by atoms with Crippen molar-refractivity contribution < 1.29 is 9.21 Å².